The van der Waals surface area contributed by atoms with Gasteiger partial charge in [0.1, 0.15) is 5.78 Å². The van der Waals surface area contributed by atoms with Gasteiger partial charge in [-0.1, -0.05) is 61.7 Å². The number of ketones is 1. The number of hydrogen-bond donors (Lipinski definition) is 1. The highest BCUT2D eigenvalue weighted by Crippen LogP contribution is 2.26. The minimum atomic E-state index is -0.364. The van der Waals surface area contributed by atoms with E-state index >= 15 is 0 Å². The van der Waals surface area contributed by atoms with E-state index in [-0.39, 0.29) is 35.6 Å². The van der Waals surface area contributed by atoms with Crippen LogP contribution in [0.4, 0.5) is 0 Å². The number of ether oxygens (including phenoxy) is 1. The molecular formula is C24H30O4. The predicted molar refractivity (Wildman–Crippen MR) is 111 cm³/mol. The minimum absolute atomic E-state index is 0.0309. The van der Waals surface area contributed by atoms with Gasteiger partial charge in [0.15, 0.2) is 11.5 Å². The Labute approximate surface area is 167 Å². The van der Waals surface area contributed by atoms with Crippen LogP contribution in [0.25, 0.3) is 0 Å². The van der Waals surface area contributed by atoms with Crippen LogP contribution in [0.1, 0.15) is 68.9 Å². The van der Waals surface area contributed by atoms with Crippen LogP contribution < -0.4 is 4.74 Å². The zero-order valence-corrected chi connectivity index (χ0v) is 16.8. The van der Waals surface area contributed by atoms with Crippen molar-refractivity contribution >= 4 is 11.8 Å². The molecule has 2 aromatic rings. The summed E-state index contributed by atoms with van der Waals surface area (Å²) < 4.78 is 5.15. The zero-order valence-electron chi connectivity index (χ0n) is 16.8. The third kappa shape index (κ3) is 6.84. The molecule has 0 aliphatic rings. The molecule has 0 bridgehead atoms. The summed E-state index contributed by atoms with van der Waals surface area (Å²) in [6, 6.07) is 14.6. The fraction of sp³-hybridized carbons (Fsp3) is 0.417. The van der Waals surface area contributed by atoms with E-state index in [1.165, 1.54) is 11.6 Å². The molecule has 0 aliphatic heterocycles. The molecule has 0 heterocycles. The molecule has 150 valence electrons. The van der Waals surface area contributed by atoms with Gasteiger partial charge in [-0.15, -0.1) is 0 Å². The monoisotopic (exact) mass is 382 g/mol. The van der Waals surface area contributed by atoms with E-state index in [1.807, 2.05) is 6.92 Å². The molecule has 0 fully saturated rings. The van der Waals surface area contributed by atoms with Crippen molar-refractivity contribution in [1.82, 2.24) is 0 Å². The van der Waals surface area contributed by atoms with E-state index in [9.17, 15) is 14.7 Å². The van der Waals surface area contributed by atoms with Crippen LogP contribution in [0.5, 0.6) is 11.5 Å². The normalized spacial score (nSPS) is 11.8. The molecule has 0 saturated heterocycles. The van der Waals surface area contributed by atoms with Crippen molar-refractivity contribution < 1.29 is 19.4 Å². The van der Waals surface area contributed by atoms with Gasteiger partial charge in [0, 0.05) is 18.8 Å². The van der Waals surface area contributed by atoms with E-state index in [4.69, 9.17) is 4.74 Å². The van der Waals surface area contributed by atoms with E-state index in [0.717, 1.165) is 31.2 Å². The van der Waals surface area contributed by atoms with Crippen LogP contribution in [0.15, 0.2) is 48.5 Å². The smallest absolute Gasteiger partial charge is 0.311 e. The summed E-state index contributed by atoms with van der Waals surface area (Å²) in [4.78, 5) is 24.5. The zero-order chi connectivity index (χ0) is 20.4. The summed E-state index contributed by atoms with van der Waals surface area (Å²) in [5.41, 5.74) is 2.30. The number of carbonyl (C=O) groups excluding carboxylic acids is 2. The number of phenolic OH excluding ortho intramolecular Hbond substituents is 1. The fourth-order valence-corrected chi connectivity index (χ4v) is 3.24. The summed E-state index contributed by atoms with van der Waals surface area (Å²) in [6.07, 6.45) is 4.90. The molecule has 1 atom stereocenters. The average molecular weight is 383 g/mol. The molecule has 1 unspecified atom stereocenters. The Balaban J connectivity index is 1.72. The first-order valence-corrected chi connectivity index (χ1v) is 10.1. The number of phenols is 1. The van der Waals surface area contributed by atoms with E-state index in [0.29, 0.717) is 12.8 Å². The van der Waals surface area contributed by atoms with Crippen LogP contribution in [0.3, 0.4) is 0 Å². The van der Waals surface area contributed by atoms with Gasteiger partial charge in [-0.05, 0) is 43.9 Å². The van der Waals surface area contributed by atoms with Gasteiger partial charge in [-0.25, -0.2) is 0 Å². The van der Waals surface area contributed by atoms with Gasteiger partial charge >= 0.3 is 5.97 Å². The Morgan fingerprint density at radius 1 is 0.964 bits per heavy atom. The number of aryl methyl sites for hydroxylation is 1. The topological polar surface area (TPSA) is 63.6 Å². The molecule has 0 radical (unpaired) electrons. The molecule has 2 rings (SSSR count). The maximum Gasteiger partial charge on any atom is 0.311 e. The number of unbranched alkanes of at least 4 members (excludes halogenated alkanes) is 2. The largest absolute Gasteiger partial charge is 0.504 e. The Morgan fingerprint density at radius 2 is 1.64 bits per heavy atom. The van der Waals surface area contributed by atoms with E-state index in [1.54, 1.807) is 18.2 Å². The second-order valence-corrected chi connectivity index (χ2v) is 7.22. The van der Waals surface area contributed by atoms with Gasteiger partial charge in [0.25, 0.3) is 0 Å². The van der Waals surface area contributed by atoms with Gasteiger partial charge in [0.05, 0.1) is 0 Å². The second-order valence-electron chi connectivity index (χ2n) is 7.22. The van der Waals surface area contributed by atoms with Crippen molar-refractivity contribution in [3.8, 4) is 11.5 Å². The Hall–Kier alpha value is -2.62. The van der Waals surface area contributed by atoms with Gasteiger partial charge in [-0.2, -0.15) is 0 Å². The molecule has 0 spiro atoms. The Morgan fingerprint density at radius 3 is 2.32 bits per heavy atom. The highest BCUT2D eigenvalue weighted by molar-refractivity contribution is 5.85. The van der Waals surface area contributed by atoms with Gasteiger partial charge in [-0.3, -0.25) is 9.59 Å². The first-order valence-electron chi connectivity index (χ1n) is 10.1. The highest BCUT2D eigenvalue weighted by Gasteiger charge is 2.19. The lowest BCUT2D eigenvalue weighted by Crippen LogP contribution is -2.12. The second kappa shape index (κ2) is 11.3. The Kier molecular flexibility index (Phi) is 8.73. The molecule has 0 saturated carbocycles. The van der Waals surface area contributed by atoms with Gasteiger partial charge in [0.2, 0.25) is 0 Å². The summed E-state index contributed by atoms with van der Waals surface area (Å²) in [7, 11) is 0. The average Bonchev–Trinajstić information content (AvgIpc) is 2.68. The van der Waals surface area contributed by atoms with Crippen molar-refractivity contribution in [2.45, 2.75) is 64.7 Å². The van der Waals surface area contributed by atoms with Crippen molar-refractivity contribution in [2.75, 3.05) is 0 Å². The number of esters is 1. The number of hydrogen-bond acceptors (Lipinski definition) is 4. The molecule has 0 aliphatic carbocycles. The molecule has 1 N–H and O–H groups in total. The number of para-hydroxylation sites is 2. The molecule has 28 heavy (non-hydrogen) atoms. The number of rotatable bonds is 11. The first-order chi connectivity index (χ1) is 13.5. The van der Waals surface area contributed by atoms with Crippen LogP contribution in [-0.2, 0) is 9.59 Å². The van der Waals surface area contributed by atoms with Crippen LogP contribution in [-0.4, -0.2) is 16.9 Å². The third-order valence-corrected chi connectivity index (χ3v) is 4.84. The number of aromatic hydroxyl groups is 1. The SMILES string of the molecule is CCCC(C(=O)CCCCCC(=O)Oc1ccccc1O)c1ccc(C)cc1. The minimum Gasteiger partial charge on any atom is -0.504 e. The summed E-state index contributed by atoms with van der Waals surface area (Å²) >= 11 is 0. The molecule has 4 heteroatoms. The number of benzene rings is 2. The lowest BCUT2D eigenvalue weighted by molar-refractivity contribution is -0.134. The molecule has 4 nitrogen and oxygen atoms in total. The maximum absolute atomic E-state index is 12.7. The lowest BCUT2D eigenvalue weighted by Gasteiger charge is -2.16. The summed E-state index contributed by atoms with van der Waals surface area (Å²) in [5, 5.41) is 9.62. The molecular weight excluding hydrogens is 352 g/mol. The quantitative estimate of drug-likeness (QED) is 0.307. The molecule has 0 amide bonds. The molecule has 0 aromatic heterocycles. The van der Waals surface area contributed by atoms with Crippen molar-refractivity contribution in [3.05, 3.63) is 59.7 Å². The fourth-order valence-electron chi connectivity index (χ4n) is 3.24. The summed E-state index contributed by atoms with van der Waals surface area (Å²) in [6.45, 7) is 4.15. The van der Waals surface area contributed by atoms with Crippen molar-refractivity contribution in [3.63, 3.8) is 0 Å². The molecule has 2 aromatic carbocycles. The Bertz CT molecular complexity index is 764. The lowest BCUT2D eigenvalue weighted by atomic mass is 9.88. The number of carbonyl (C=O) groups is 2. The predicted octanol–water partition coefficient (Wildman–Crippen LogP) is 5.71. The van der Waals surface area contributed by atoms with Crippen LogP contribution >= 0.6 is 0 Å². The maximum atomic E-state index is 12.7. The third-order valence-electron chi connectivity index (χ3n) is 4.84. The van der Waals surface area contributed by atoms with Crippen LogP contribution in [0.2, 0.25) is 0 Å². The van der Waals surface area contributed by atoms with Crippen molar-refractivity contribution in [2.24, 2.45) is 0 Å². The highest BCUT2D eigenvalue weighted by atomic mass is 16.5. The van der Waals surface area contributed by atoms with Crippen LogP contribution in [0, 0.1) is 6.92 Å². The standard InChI is InChI=1S/C24H30O4/c1-3-9-20(19-16-14-18(2)15-17-19)21(25)10-5-4-6-13-24(27)28-23-12-8-7-11-22(23)26/h7-8,11-12,14-17,20,26H,3-6,9-10,13H2,1-2H3. The first kappa shape index (κ1) is 21.7. The van der Waals surface area contributed by atoms with E-state index in [2.05, 4.69) is 31.2 Å². The summed E-state index contributed by atoms with van der Waals surface area (Å²) in [5.74, 6) is 0.0261. The van der Waals surface area contributed by atoms with Gasteiger partial charge < -0.3 is 9.84 Å². The van der Waals surface area contributed by atoms with E-state index < -0.39 is 0 Å². The number of Topliss-reactive ketones (excluding diaryl/α,β-unsaturated/α-hetero) is 1. The van der Waals surface area contributed by atoms with Crippen molar-refractivity contribution in [1.29, 1.82) is 0 Å².